The first-order valence-electron chi connectivity index (χ1n) is 6.75. The highest BCUT2D eigenvalue weighted by atomic mass is 32.2. The van der Waals surface area contributed by atoms with E-state index in [0.29, 0.717) is 12.5 Å². The molecular formula is C15H20FNO3S. The first kappa shape index (κ1) is 17.6. The van der Waals surface area contributed by atoms with E-state index < -0.39 is 15.8 Å². The van der Waals surface area contributed by atoms with Gasteiger partial charge in [0.1, 0.15) is 12.4 Å². The van der Waals surface area contributed by atoms with E-state index in [-0.39, 0.29) is 17.1 Å². The molecule has 0 aliphatic heterocycles. The minimum atomic E-state index is -3.71. The lowest BCUT2D eigenvalue weighted by molar-refractivity contribution is 0.350. The molecular weight excluding hydrogens is 293 g/mol. The lowest BCUT2D eigenvalue weighted by atomic mass is 10.1. The fraction of sp³-hybridized carbons (Fsp3) is 0.467. The molecule has 1 aromatic carbocycles. The van der Waals surface area contributed by atoms with Gasteiger partial charge < -0.3 is 5.11 Å². The number of aliphatic hydroxyl groups excluding tert-OH is 1. The van der Waals surface area contributed by atoms with Crippen LogP contribution in [0.1, 0.15) is 32.3 Å². The van der Waals surface area contributed by atoms with E-state index >= 15 is 0 Å². The number of hydrogen-bond acceptors (Lipinski definition) is 3. The van der Waals surface area contributed by atoms with Crippen molar-refractivity contribution in [2.45, 2.75) is 31.6 Å². The second-order valence-corrected chi connectivity index (χ2v) is 6.80. The minimum absolute atomic E-state index is 0.0582. The Balaban J connectivity index is 2.77. The number of benzene rings is 1. The van der Waals surface area contributed by atoms with Gasteiger partial charge in [0, 0.05) is 6.54 Å². The molecule has 2 N–H and O–H groups in total. The molecule has 0 atom stereocenters. The molecule has 0 saturated heterocycles. The van der Waals surface area contributed by atoms with Crippen molar-refractivity contribution in [1.82, 2.24) is 4.72 Å². The van der Waals surface area contributed by atoms with E-state index in [1.54, 1.807) is 0 Å². The van der Waals surface area contributed by atoms with E-state index in [2.05, 4.69) is 30.4 Å². The third-order valence-corrected chi connectivity index (χ3v) is 4.26. The van der Waals surface area contributed by atoms with Gasteiger partial charge in [-0.25, -0.2) is 17.5 Å². The summed E-state index contributed by atoms with van der Waals surface area (Å²) in [6.07, 6.45) is 1.66. The number of hydrogen-bond donors (Lipinski definition) is 2. The summed E-state index contributed by atoms with van der Waals surface area (Å²) in [5.74, 6) is 4.52. The first-order valence-corrected chi connectivity index (χ1v) is 8.24. The molecule has 6 heteroatoms. The van der Waals surface area contributed by atoms with Crippen LogP contribution in [-0.2, 0) is 10.0 Å². The molecule has 0 unspecified atom stereocenters. The largest absolute Gasteiger partial charge is 0.384 e. The molecule has 0 saturated carbocycles. The summed E-state index contributed by atoms with van der Waals surface area (Å²) in [7, 11) is -3.71. The first-order chi connectivity index (χ1) is 9.86. The summed E-state index contributed by atoms with van der Waals surface area (Å²) in [5.41, 5.74) is 0.0582. The number of halogens is 1. The van der Waals surface area contributed by atoms with Crippen molar-refractivity contribution < 1.29 is 17.9 Å². The molecule has 0 aliphatic carbocycles. The number of nitrogens with one attached hydrogen (secondary N) is 1. The van der Waals surface area contributed by atoms with Crippen LogP contribution in [0.5, 0.6) is 0 Å². The van der Waals surface area contributed by atoms with E-state index in [4.69, 9.17) is 5.11 Å². The van der Waals surface area contributed by atoms with Crippen LogP contribution in [-0.4, -0.2) is 26.7 Å². The van der Waals surface area contributed by atoms with Gasteiger partial charge in [-0.15, -0.1) is 0 Å². The Bertz CT molecular complexity index is 630. The second kappa shape index (κ2) is 8.13. The zero-order valence-electron chi connectivity index (χ0n) is 12.2. The van der Waals surface area contributed by atoms with Crippen LogP contribution in [0.25, 0.3) is 0 Å². The third-order valence-electron chi connectivity index (χ3n) is 2.80. The highest BCUT2D eigenvalue weighted by Crippen LogP contribution is 2.14. The molecule has 0 aromatic heterocycles. The standard InChI is InChI=1S/C15H20FNO3S/c1-12(2)5-3-9-17-21(19,20)14-8-7-13(6-4-10-18)15(16)11-14/h7-8,11-12,17-18H,3,5,9-10H2,1-2H3. The molecule has 4 nitrogen and oxygen atoms in total. The summed E-state index contributed by atoms with van der Waals surface area (Å²) >= 11 is 0. The van der Waals surface area contributed by atoms with E-state index in [0.717, 1.165) is 18.9 Å². The molecule has 0 amide bonds. The Kier molecular flexibility index (Phi) is 6.82. The van der Waals surface area contributed by atoms with Gasteiger partial charge in [0.2, 0.25) is 10.0 Å². The summed E-state index contributed by atoms with van der Waals surface area (Å²) in [4.78, 5) is -0.126. The second-order valence-electron chi connectivity index (χ2n) is 5.04. The topological polar surface area (TPSA) is 66.4 Å². The van der Waals surface area contributed by atoms with Crippen molar-refractivity contribution >= 4 is 10.0 Å². The van der Waals surface area contributed by atoms with Crippen LogP contribution in [0, 0.1) is 23.6 Å². The monoisotopic (exact) mass is 313 g/mol. The summed E-state index contributed by atoms with van der Waals surface area (Å²) in [6, 6.07) is 3.53. The fourth-order valence-corrected chi connectivity index (χ4v) is 2.78. The molecule has 0 heterocycles. The smallest absolute Gasteiger partial charge is 0.240 e. The Labute approximate surface area is 125 Å². The van der Waals surface area contributed by atoms with E-state index in [9.17, 15) is 12.8 Å². The van der Waals surface area contributed by atoms with Crippen LogP contribution in [0.2, 0.25) is 0 Å². The lowest BCUT2D eigenvalue weighted by Crippen LogP contribution is -2.25. The van der Waals surface area contributed by atoms with Gasteiger partial charge in [-0.2, -0.15) is 0 Å². The molecule has 0 aliphatic rings. The number of aliphatic hydroxyl groups is 1. The highest BCUT2D eigenvalue weighted by Gasteiger charge is 2.15. The Morgan fingerprint density at radius 3 is 2.67 bits per heavy atom. The Morgan fingerprint density at radius 2 is 2.10 bits per heavy atom. The summed E-state index contributed by atoms with van der Waals surface area (Å²) in [6.45, 7) is 4.08. The van der Waals surface area contributed by atoms with Crippen LogP contribution in [0.15, 0.2) is 23.1 Å². The van der Waals surface area contributed by atoms with Gasteiger partial charge in [0.25, 0.3) is 0 Å². The zero-order valence-corrected chi connectivity index (χ0v) is 13.0. The maximum Gasteiger partial charge on any atom is 0.240 e. The average Bonchev–Trinajstić information content (AvgIpc) is 2.42. The lowest BCUT2D eigenvalue weighted by Gasteiger charge is -2.08. The number of sulfonamides is 1. The normalized spacial score (nSPS) is 11.3. The van der Waals surface area contributed by atoms with Crippen LogP contribution < -0.4 is 4.72 Å². The molecule has 0 bridgehead atoms. The Hall–Kier alpha value is -1.42. The minimum Gasteiger partial charge on any atom is -0.384 e. The predicted octanol–water partition coefficient (Wildman–Crippen LogP) is 1.88. The Morgan fingerprint density at radius 1 is 1.38 bits per heavy atom. The molecule has 0 fully saturated rings. The van der Waals surface area contributed by atoms with Crippen LogP contribution >= 0.6 is 0 Å². The highest BCUT2D eigenvalue weighted by molar-refractivity contribution is 7.89. The fourth-order valence-electron chi connectivity index (χ4n) is 1.70. The summed E-state index contributed by atoms with van der Waals surface area (Å²) < 4.78 is 40.2. The van der Waals surface area contributed by atoms with Gasteiger partial charge in [-0.1, -0.05) is 25.7 Å². The molecule has 0 spiro atoms. The van der Waals surface area contributed by atoms with Crippen LogP contribution in [0.4, 0.5) is 4.39 Å². The zero-order chi connectivity index (χ0) is 15.9. The van der Waals surface area contributed by atoms with Crippen molar-refractivity contribution in [2.75, 3.05) is 13.2 Å². The molecule has 21 heavy (non-hydrogen) atoms. The third kappa shape index (κ3) is 5.84. The summed E-state index contributed by atoms with van der Waals surface area (Å²) in [5, 5.41) is 8.56. The van der Waals surface area contributed by atoms with Crippen molar-refractivity contribution in [1.29, 1.82) is 0 Å². The van der Waals surface area contributed by atoms with Crippen molar-refractivity contribution in [3.63, 3.8) is 0 Å². The SMILES string of the molecule is CC(C)CCCNS(=O)(=O)c1ccc(C#CCO)c(F)c1. The predicted molar refractivity (Wildman–Crippen MR) is 79.6 cm³/mol. The van der Waals surface area contributed by atoms with Gasteiger partial charge in [0.05, 0.1) is 10.5 Å². The average molecular weight is 313 g/mol. The quantitative estimate of drug-likeness (QED) is 0.622. The molecule has 1 rings (SSSR count). The van der Waals surface area contributed by atoms with E-state index in [1.165, 1.54) is 12.1 Å². The maximum atomic E-state index is 13.7. The van der Waals surface area contributed by atoms with Gasteiger partial charge in [-0.05, 0) is 37.0 Å². The van der Waals surface area contributed by atoms with Crippen molar-refractivity contribution in [3.05, 3.63) is 29.6 Å². The maximum absolute atomic E-state index is 13.7. The molecule has 0 radical (unpaired) electrons. The van der Waals surface area contributed by atoms with Gasteiger partial charge >= 0.3 is 0 Å². The van der Waals surface area contributed by atoms with Crippen LogP contribution in [0.3, 0.4) is 0 Å². The van der Waals surface area contributed by atoms with E-state index in [1.807, 2.05) is 0 Å². The van der Waals surface area contributed by atoms with Gasteiger partial charge in [-0.3, -0.25) is 0 Å². The van der Waals surface area contributed by atoms with Crippen molar-refractivity contribution in [3.8, 4) is 11.8 Å². The molecule has 1 aromatic rings. The number of rotatable bonds is 6. The molecule has 116 valence electrons. The van der Waals surface area contributed by atoms with Crippen molar-refractivity contribution in [2.24, 2.45) is 5.92 Å². The van der Waals surface area contributed by atoms with Gasteiger partial charge in [0.15, 0.2) is 0 Å².